The Morgan fingerprint density at radius 3 is 2.74 bits per heavy atom. The number of nitrogens with zero attached hydrogens (tertiary/aromatic N) is 2. The van der Waals surface area contributed by atoms with Crippen molar-refractivity contribution in [1.29, 1.82) is 0 Å². The van der Waals surface area contributed by atoms with E-state index >= 15 is 0 Å². The van der Waals surface area contributed by atoms with Gasteiger partial charge in [-0.3, -0.25) is 5.10 Å². The van der Waals surface area contributed by atoms with Crippen LogP contribution in [0.15, 0.2) is 24.3 Å². The summed E-state index contributed by atoms with van der Waals surface area (Å²) < 4.78 is 37.9. The van der Waals surface area contributed by atoms with Gasteiger partial charge in [-0.25, -0.2) is 0 Å². The molecule has 0 aliphatic carbocycles. The first-order valence-corrected chi connectivity index (χ1v) is 5.65. The summed E-state index contributed by atoms with van der Waals surface area (Å²) >= 11 is 4.81. The van der Waals surface area contributed by atoms with Crippen LogP contribution in [0.3, 0.4) is 0 Å². The van der Waals surface area contributed by atoms with Crippen LogP contribution in [0.4, 0.5) is 24.7 Å². The van der Waals surface area contributed by atoms with Crippen LogP contribution in [-0.4, -0.2) is 15.2 Å². The van der Waals surface area contributed by atoms with Gasteiger partial charge in [0.2, 0.25) is 4.77 Å². The van der Waals surface area contributed by atoms with Gasteiger partial charge in [0.05, 0.1) is 5.56 Å². The molecule has 0 saturated heterocycles. The van der Waals surface area contributed by atoms with Crippen molar-refractivity contribution < 1.29 is 13.2 Å². The number of alkyl halides is 3. The van der Waals surface area contributed by atoms with Crippen molar-refractivity contribution in [2.75, 3.05) is 5.32 Å². The van der Waals surface area contributed by atoms with Gasteiger partial charge in [0.1, 0.15) is 5.69 Å². The van der Waals surface area contributed by atoms with Crippen molar-refractivity contribution >= 4 is 23.7 Å². The monoisotopic (exact) mass is 286 g/mol. The average molecular weight is 286 g/mol. The number of hydrogen-bond acceptors (Lipinski definition) is 4. The molecule has 0 fully saturated rings. The van der Waals surface area contributed by atoms with Gasteiger partial charge >= 0.3 is 6.18 Å². The molecule has 2 N–H and O–H groups in total. The summed E-state index contributed by atoms with van der Waals surface area (Å²) in [6, 6.07) is 4.83. The lowest BCUT2D eigenvalue weighted by molar-refractivity contribution is -0.137. The van der Waals surface area contributed by atoms with Crippen molar-refractivity contribution in [2.24, 2.45) is 0 Å². The summed E-state index contributed by atoms with van der Waals surface area (Å²) in [4.78, 5) is 3.96. The zero-order valence-electron chi connectivity index (χ0n) is 9.75. The van der Waals surface area contributed by atoms with E-state index in [2.05, 4.69) is 20.5 Å². The highest BCUT2D eigenvalue weighted by Crippen LogP contribution is 2.31. The summed E-state index contributed by atoms with van der Waals surface area (Å²) in [6.45, 7) is 1.66. The lowest BCUT2D eigenvalue weighted by atomic mass is 10.2. The zero-order valence-corrected chi connectivity index (χ0v) is 10.6. The topological polar surface area (TPSA) is 53.6 Å². The average Bonchev–Trinajstić information content (AvgIpc) is 2.33. The Balaban J connectivity index is 2.34. The molecule has 2 aromatic rings. The molecular formula is C11H9F3N4S. The van der Waals surface area contributed by atoms with Crippen LogP contribution in [0.2, 0.25) is 0 Å². The summed E-state index contributed by atoms with van der Waals surface area (Å²) in [7, 11) is 0. The van der Waals surface area contributed by atoms with Crippen molar-refractivity contribution in [3.8, 4) is 0 Å². The van der Waals surface area contributed by atoms with E-state index in [1.54, 1.807) is 6.92 Å². The van der Waals surface area contributed by atoms with E-state index in [1.165, 1.54) is 12.1 Å². The van der Waals surface area contributed by atoms with Crippen LogP contribution in [0.25, 0.3) is 0 Å². The van der Waals surface area contributed by atoms with Gasteiger partial charge in [-0.15, -0.1) is 0 Å². The summed E-state index contributed by atoms with van der Waals surface area (Å²) in [5.41, 5.74) is 0.0445. The number of aromatic amines is 1. The lowest BCUT2D eigenvalue weighted by Crippen LogP contribution is -2.06. The summed E-state index contributed by atoms with van der Waals surface area (Å²) in [6.07, 6.45) is -4.38. The van der Waals surface area contributed by atoms with Crippen LogP contribution >= 0.6 is 12.2 Å². The minimum Gasteiger partial charge on any atom is -0.339 e. The molecule has 0 spiro atoms. The highest BCUT2D eigenvalue weighted by Gasteiger charge is 2.30. The van der Waals surface area contributed by atoms with Gasteiger partial charge in [-0.05, 0) is 37.3 Å². The van der Waals surface area contributed by atoms with Crippen LogP contribution < -0.4 is 5.32 Å². The third kappa shape index (κ3) is 3.28. The Kier molecular flexibility index (Phi) is 3.52. The fourth-order valence-corrected chi connectivity index (χ4v) is 1.56. The molecule has 0 atom stereocenters. The second-order valence-corrected chi connectivity index (χ2v) is 4.16. The van der Waals surface area contributed by atoms with Gasteiger partial charge in [0.25, 0.3) is 0 Å². The Morgan fingerprint density at radius 2 is 2.05 bits per heavy atom. The standard InChI is InChI=1S/C11H9F3N4S/c1-6-9(16-10(19)18-17-6)15-8-4-2-3-7(5-8)11(12,13)14/h2-5H,1H3,(H2,15,16,18,19). The van der Waals surface area contributed by atoms with Gasteiger partial charge in [-0.1, -0.05) is 6.07 Å². The first kappa shape index (κ1) is 13.5. The molecule has 0 bridgehead atoms. The number of rotatable bonds is 2. The van der Waals surface area contributed by atoms with Crippen LogP contribution in [0.1, 0.15) is 11.3 Å². The minimum absolute atomic E-state index is 0.153. The fraction of sp³-hybridized carbons (Fsp3) is 0.182. The molecule has 0 unspecified atom stereocenters. The number of benzene rings is 1. The third-order valence-corrected chi connectivity index (χ3v) is 2.51. The lowest BCUT2D eigenvalue weighted by Gasteiger charge is -2.10. The van der Waals surface area contributed by atoms with Crippen LogP contribution in [0, 0.1) is 11.7 Å². The second-order valence-electron chi connectivity index (χ2n) is 3.78. The van der Waals surface area contributed by atoms with Gasteiger partial charge in [0.15, 0.2) is 5.82 Å². The number of hydrogen-bond donors (Lipinski definition) is 2. The quantitative estimate of drug-likeness (QED) is 0.828. The highest BCUT2D eigenvalue weighted by molar-refractivity contribution is 7.71. The molecule has 100 valence electrons. The van der Waals surface area contributed by atoms with E-state index in [0.717, 1.165) is 12.1 Å². The molecule has 2 rings (SSSR count). The highest BCUT2D eigenvalue weighted by atomic mass is 32.1. The molecule has 0 aliphatic rings. The SMILES string of the molecule is Cc1n[nH]c(=S)nc1Nc1cccc(C(F)(F)F)c1. The number of aryl methyl sites for hydroxylation is 1. The Labute approximate surface area is 111 Å². The molecular weight excluding hydrogens is 277 g/mol. The first-order chi connectivity index (χ1) is 8.86. The van der Waals surface area contributed by atoms with Crippen LogP contribution in [-0.2, 0) is 6.18 Å². The van der Waals surface area contributed by atoms with Crippen LogP contribution in [0.5, 0.6) is 0 Å². The van der Waals surface area contributed by atoms with Crippen molar-refractivity contribution in [3.05, 3.63) is 40.3 Å². The normalized spacial score (nSPS) is 11.4. The molecule has 0 aliphatic heterocycles. The smallest absolute Gasteiger partial charge is 0.339 e. The van der Waals surface area contributed by atoms with E-state index in [1.807, 2.05) is 0 Å². The maximum atomic E-state index is 12.6. The van der Waals surface area contributed by atoms with Crippen molar-refractivity contribution in [2.45, 2.75) is 13.1 Å². The number of anilines is 2. The van der Waals surface area contributed by atoms with Crippen molar-refractivity contribution in [1.82, 2.24) is 15.2 Å². The molecule has 1 aromatic carbocycles. The van der Waals surface area contributed by atoms with Crippen molar-refractivity contribution in [3.63, 3.8) is 0 Å². The minimum atomic E-state index is -4.38. The Hall–Kier alpha value is -1.96. The van der Waals surface area contributed by atoms with Gasteiger partial charge in [0, 0.05) is 5.69 Å². The Bertz CT molecular complexity index is 651. The number of nitrogens with one attached hydrogen (secondary N) is 2. The van der Waals surface area contributed by atoms with E-state index < -0.39 is 11.7 Å². The fourth-order valence-electron chi connectivity index (χ4n) is 1.42. The predicted molar refractivity (Wildman–Crippen MR) is 66.7 cm³/mol. The Morgan fingerprint density at radius 1 is 1.32 bits per heavy atom. The maximum absolute atomic E-state index is 12.6. The second kappa shape index (κ2) is 4.96. The number of H-pyrrole nitrogens is 1. The largest absolute Gasteiger partial charge is 0.416 e. The molecule has 0 amide bonds. The maximum Gasteiger partial charge on any atom is 0.416 e. The zero-order chi connectivity index (χ0) is 14.0. The molecule has 1 aromatic heterocycles. The van der Waals surface area contributed by atoms with E-state index in [9.17, 15) is 13.2 Å². The van der Waals surface area contributed by atoms with E-state index in [-0.39, 0.29) is 10.5 Å². The number of aromatic nitrogens is 3. The number of halogens is 3. The molecule has 8 heteroatoms. The molecule has 4 nitrogen and oxygen atoms in total. The molecule has 0 radical (unpaired) electrons. The van der Waals surface area contributed by atoms with Gasteiger partial charge in [-0.2, -0.15) is 23.3 Å². The van der Waals surface area contributed by atoms with E-state index in [4.69, 9.17) is 12.2 Å². The first-order valence-electron chi connectivity index (χ1n) is 5.24. The molecule has 0 saturated carbocycles. The van der Waals surface area contributed by atoms with E-state index in [0.29, 0.717) is 11.5 Å². The third-order valence-electron chi connectivity index (χ3n) is 2.33. The summed E-state index contributed by atoms with van der Waals surface area (Å²) in [5.74, 6) is 0.322. The summed E-state index contributed by atoms with van der Waals surface area (Å²) in [5, 5.41) is 9.13. The molecule has 1 heterocycles. The predicted octanol–water partition coefficient (Wildman–Crippen LogP) is 3.61. The molecule has 19 heavy (non-hydrogen) atoms. The van der Waals surface area contributed by atoms with Gasteiger partial charge < -0.3 is 5.32 Å².